The van der Waals surface area contributed by atoms with E-state index in [4.69, 9.17) is 25.8 Å². The average molecular weight is 585 g/mol. The lowest BCUT2D eigenvalue weighted by molar-refractivity contribution is -0.671. The molecule has 0 unspecified atom stereocenters. The zero-order chi connectivity index (χ0) is 31.0. The Bertz CT molecular complexity index is 1600. The Hall–Kier alpha value is -5.20. The van der Waals surface area contributed by atoms with Crippen LogP contribution in [0.2, 0.25) is 0 Å². The van der Waals surface area contributed by atoms with Gasteiger partial charge >= 0.3 is 18.1 Å². The maximum Gasteiger partial charge on any atom is 0.490 e. The highest BCUT2D eigenvalue weighted by molar-refractivity contribution is 6.00. The quantitative estimate of drug-likeness (QED) is 0.126. The molecule has 220 valence electrons. The molecule has 2 heterocycles. The van der Waals surface area contributed by atoms with Crippen molar-refractivity contribution >= 4 is 34.6 Å². The second-order valence-electron chi connectivity index (χ2n) is 9.20. The van der Waals surface area contributed by atoms with Gasteiger partial charge in [0.2, 0.25) is 0 Å². The third kappa shape index (κ3) is 8.16. The highest BCUT2D eigenvalue weighted by Crippen LogP contribution is 2.24. The molecule has 0 fully saturated rings. The normalized spacial score (nSPS) is 10.9. The van der Waals surface area contributed by atoms with Crippen LogP contribution in [0.3, 0.4) is 0 Å². The molecule has 0 spiro atoms. The van der Waals surface area contributed by atoms with Crippen LogP contribution in [0.1, 0.15) is 27.2 Å². The van der Waals surface area contributed by atoms with Crippen molar-refractivity contribution in [1.82, 2.24) is 9.47 Å². The zero-order valence-corrected chi connectivity index (χ0v) is 22.8. The molecule has 0 bridgehead atoms. The van der Waals surface area contributed by atoms with Crippen molar-refractivity contribution in [3.63, 3.8) is 0 Å². The molecule has 0 aliphatic rings. The molecule has 2 aromatic heterocycles. The molecule has 1 amide bonds. The number of fused-ring (bicyclic) bond motifs is 1. The Labute approximate surface area is 238 Å². The number of nitrogens with two attached hydrogens (primary N) is 1. The number of aromatic nitrogens is 2. The fraction of sp³-hybridized carbons (Fsp3) is 0.207. The lowest BCUT2D eigenvalue weighted by Gasteiger charge is -2.22. The Kier molecular flexibility index (Phi) is 10.0. The number of carboxylic acid groups (broad SMARTS) is 1. The number of carbonyl (C=O) groups is 3. The van der Waals surface area contributed by atoms with Crippen LogP contribution in [-0.4, -0.2) is 58.1 Å². The molecule has 4 rings (SSSR count). The highest BCUT2D eigenvalue weighted by atomic mass is 19.4. The number of nitrogens with zero attached hydrogens (tertiary/aromatic N) is 3. The number of nitrogen functional groups attached to an aromatic ring is 1. The molecular formula is C29H29F3N5O5+. The first-order chi connectivity index (χ1) is 19.8. The van der Waals surface area contributed by atoms with Crippen LogP contribution in [0.4, 0.5) is 13.2 Å². The van der Waals surface area contributed by atoms with Gasteiger partial charge in [-0.1, -0.05) is 36.4 Å². The van der Waals surface area contributed by atoms with E-state index in [2.05, 4.69) is 0 Å². The summed E-state index contributed by atoms with van der Waals surface area (Å²) in [6.07, 6.45) is -1.29. The fourth-order valence-electron chi connectivity index (χ4n) is 4.02. The number of halogens is 3. The minimum atomic E-state index is -5.08. The van der Waals surface area contributed by atoms with Crippen LogP contribution in [-0.2, 0) is 34.5 Å². The predicted octanol–water partition coefficient (Wildman–Crippen LogP) is 3.25. The number of benzene rings is 2. The number of esters is 1. The SMILES string of the molecule is COC(=O)CN(Cc1cc[n+](C)cc1)C(=O)c1cc2ccccc2n1Cc1cccc(C(=N)N)c1.O=C(O)C(F)(F)F. The van der Waals surface area contributed by atoms with Gasteiger partial charge in [-0.15, -0.1) is 0 Å². The van der Waals surface area contributed by atoms with Gasteiger partial charge in [-0.2, -0.15) is 13.2 Å². The Morgan fingerprint density at radius 2 is 1.67 bits per heavy atom. The highest BCUT2D eigenvalue weighted by Gasteiger charge is 2.38. The van der Waals surface area contributed by atoms with Crippen LogP contribution in [0.25, 0.3) is 10.9 Å². The average Bonchev–Trinajstić information content (AvgIpc) is 3.31. The van der Waals surface area contributed by atoms with Crippen molar-refractivity contribution in [1.29, 1.82) is 5.41 Å². The van der Waals surface area contributed by atoms with Crippen molar-refractivity contribution in [2.24, 2.45) is 12.8 Å². The molecule has 0 saturated heterocycles. The number of nitrogens with one attached hydrogen (secondary N) is 1. The third-order valence-corrected chi connectivity index (χ3v) is 6.11. The maximum absolute atomic E-state index is 13.9. The fourth-order valence-corrected chi connectivity index (χ4v) is 4.02. The topological polar surface area (TPSA) is 143 Å². The molecule has 0 radical (unpaired) electrons. The van der Waals surface area contributed by atoms with Crippen molar-refractivity contribution < 1.29 is 42.0 Å². The number of amides is 1. The summed E-state index contributed by atoms with van der Waals surface area (Å²) in [5.74, 6) is -3.53. The number of carboxylic acids is 1. The first-order valence-electron chi connectivity index (χ1n) is 12.4. The Morgan fingerprint density at radius 1 is 1.02 bits per heavy atom. The third-order valence-electron chi connectivity index (χ3n) is 6.11. The second kappa shape index (κ2) is 13.4. The summed E-state index contributed by atoms with van der Waals surface area (Å²) in [6.45, 7) is 0.497. The molecule has 4 N–H and O–H groups in total. The van der Waals surface area contributed by atoms with Gasteiger partial charge in [-0.05, 0) is 29.3 Å². The molecule has 13 heteroatoms. The minimum absolute atomic E-state index is 0.0129. The molecule has 2 aromatic carbocycles. The summed E-state index contributed by atoms with van der Waals surface area (Å²) < 4.78 is 40.4. The number of amidine groups is 1. The van der Waals surface area contributed by atoms with Crippen LogP contribution in [0.5, 0.6) is 0 Å². The van der Waals surface area contributed by atoms with E-state index in [0.29, 0.717) is 17.8 Å². The molecule has 4 aromatic rings. The number of aryl methyl sites for hydroxylation is 1. The number of hydrogen-bond donors (Lipinski definition) is 3. The second-order valence-corrected chi connectivity index (χ2v) is 9.20. The number of aliphatic carboxylic acids is 1. The van der Waals surface area contributed by atoms with E-state index in [-0.39, 0.29) is 24.8 Å². The first-order valence-corrected chi connectivity index (χ1v) is 12.4. The van der Waals surface area contributed by atoms with Crippen molar-refractivity contribution in [2.75, 3.05) is 13.7 Å². The van der Waals surface area contributed by atoms with E-state index in [9.17, 15) is 22.8 Å². The molecule has 42 heavy (non-hydrogen) atoms. The smallest absolute Gasteiger partial charge is 0.475 e. The van der Waals surface area contributed by atoms with Crippen LogP contribution < -0.4 is 10.3 Å². The summed E-state index contributed by atoms with van der Waals surface area (Å²) in [5.41, 5.74) is 9.46. The van der Waals surface area contributed by atoms with Gasteiger partial charge < -0.3 is 25.0 Å². The lowest BCUT2D eigenvalue weighted by atomic mass is 10.1. The molecule has 0 aliphatic carbocycles. The number of para-hydroxylation sites is 1. The van der Waals surface area contributed by atoms with Gasteiger partial charge in [0.05, 0.1) is 7.11 Å². The number of pyridine rings is 1. The Morgan fingerprint density at radius 3 is 2.26 bits per heavy atom. The van der Waals surface area contributed by atoms with Crippen molar-refractivity contribution in [3.05, 3.63) is 102 Å². The predicted molar refractivity (Wildman–Crippen MR) is 147 cm³/mol. The van der Waals surface area contributed by atoms with E-state index in [1.165, 1.54) is 12.0 Å². The summed E-state index contributed by atoms with van der Waals surface area (Å²) in [4.78, 5) is 36.4. The van der Waals surface area contributed by atoms with Gasteiger partial charge in [0.25, 0.3) is 5.91 Å². The molecule has 0 atom stereocenters. The maximum atomic E-state index is 13.9. The summed E-state index contributed by atoms with van der Waals surface area (Å²) in [6, 6.07) is 20.9. The number of methoxy groups -OCH3 is 1. The number of rotatable bonds is 8. The van der Waals surface area contributed by atoms with E-state index in [1.54, 1.807) is 6.07 Å². The van der Waals surface area contributed by atoms with Gasteiger partial charge in [0.15, 0.2) is 12.4 Å². The summed E-state index contributed by atoms with van der Waals surface area (Å²) in [5, 5.41) is 15.8. The minimum Gasteiger partial charge on any atom is -0.475 e. The first kappa shape index (κ1) is 31.3. The van der Waals surface area contributed by atoms with E-state index in [1.807, 2.05) is 89.2 Å². The largest absolute Gasteiger partial charge is 0.490 e. The van der Waals surface area contributed by atoms with Gasteiger partial charge in [-0.25, -0.2) is 9.36 Å². The molecule has 0 aliphatic heterocycles. The van der Waals surface area contributed by atoms with E-state index in [0.717, 1.165) is 22.0 Å². The summed E-state index contributed by atoms with van der Waals surface area (Å²) in [7, 11) is 3.23. The van der Waals surface area contributed by atoms with Gasteiger partial charge in [-0.3, -0.25) is 15.0 Å². The van der Waals surface area contributed by atoms with Crippen molar-refractivity contribution in [3.8, 4) is 0 Å². The van der Waals surface area contributed by atoms with Crippen LogP contribution in [0, 0.1) is 5.41 Å². The number of ether oxygens (including phenoxy) is 1. The Balaban J connectivity index is 0.000000616. The number of hydrogen-bond acceptors (Lipinski definition) is 5. The molecule has 0 saturated carbocycles. The zero-order valence-electron chi connectivity index (χ0n) is 22.8. The molecule has 10 nitrogen and oxygen atoms in total. The van der Waals surface area contributed by atoms with E-state index >= 15 is 0 Å². The van der Waals surface area contributed by atoms with Gasteiger partial charge in [0, 0.05) is 41.7 Å². The van der Waals surface area contributed by atoms with Crippen LogP contribution >= 0.6 is 0 Å². The standard InChI is InChI=1S/C27H28N5O3.C2HF3O2/c1-30-12-10-19(11-13-30)16-31(18-25(33)35-2)27(34)24-15-21-7-3-4-9-23(21)32(24)17-20-6-5-8-22(14-20)26(28)29;3-2(4,5)1(6)7/h3-15H,16-18H2,1-2H3,(H3,28,29);(H,6,7)/q+1;. The van der Waals surface area contributed by atoms with Crippen molar-refractivity contribution in [2.45, 2.75) is 19.3 Å². The number of alkyl halides is 3. The van der Waals surface area contributed by atoms with Crippen LogP contribution in [0.15, 0.2) is 79.1 Å². The van der Waals surface area contributed by atoms with Gasteiger partial charge in [0.1, 0.15) is 25.1 Å². The summed E-state index contributed by atoms with van der Waals surface area (Å²) >= 11 is 0. The lowest BCUT2D eigenvalue weighted by Crippen LogP contribution is -2.37. The number of carbonyl (C=O) groups excluding carboxylic acids is 2. The van der Waals surface area contributed by atoms with E-state index < -0.39 is 18.1 Å². The molecular weight excluding hydrogens is 555 g/mol. The monoisotopic (exact) mass is 584 g/mol.